The third-order valence-electron chi connectivity index (χ3n) is 4.01. The van der Waals surface area contributed by atoms with Crippen molar-refractivity contribution >= 4 is 5.91 Å². The molecule has 0 atom stereocenters. The van der Waals surface area contributed by atoms with E-state index in [0.717, 1.165) is 28.3 Å². The van der Waals surface area contributed by atoms with Gasteiger partial charge in [0.05, 0.1) is 13.5 Å². The SMILES string of the molecule is COc1ccc(-c2n[nH]c(CCNC(=O)Cc3cccc(C)c3)n2)cc1. The van der Waals surface area contributed by atoms with Crippen LogP contribution in [0.25, 0.3) is 11.4 Å². The average Bonchev–Trinajstić information content (AvgIpc) is 3.11. The van der Waals surface area contributed by atoms with Gasteiger partial charge in [0.25, 0.3) is 0 Å². The first-order valence-electron chi connectivity index (χ1n) is 8.52. The van der Waals surface area contributed by atoms with Crippen molar-refractivity contribution in [3.63, 3.8) is 0 Å². The van der Waals surface area contributed by atoms with Crippen molar-refractivity contribution in [3.8, 4) is 17.1 Å². The topological polar surface area (TPSA) is 79.9 Å². The number of ether oxygens (including phenoxy) is 1. The van der Waals surface area contributed by atoms with Crippen LogP contribution in [0, 0.1) is 6.92 Å². The Morgan fingerprint density at radius 1 is 1.19 bits per heavy atom. The second-order valence-electron chi connectivity index (χ2n) is 6.10. The van der Waals surface area contributed by atoms with E-state index in [4.69, 9.17) is 4.74 Å². The number of amides is 1. The van der Waals surface area contributed by atoms with Gasteiger partial charge in [0.15, 0.2) is 5.82 Å². The van der Waals surface area contributed by atoms with E-state index in [2.05, 4.69) is 20.5 Å². The number of hydrogen-bond acceptors (Lipinski definition) is 4. The molecule has 0 spiro atoms. The summed E-state index contributed by atoms with van der Waals surface area (Å²) in [6.07, 6.45) is 0.984. The quantitative estimate of drug-likeness (QED) is 0.687. The van der Waals surface area contributed by atoms with Gasteiger partial charge in [-0.25, -0.2) is 4.98 Å². The van der Waals surface area contributed by atoms with E-state index in [9.17, 15) is 4.79 Å². The summed E-state index contributed by atoms with van der Waals surface area (Å²) < 4.78 is 5.15. The Kier molecular flexibility index (Phi) is 5.63. The first kappa shape index (κ1) is 17.7. The summed E-state index contributed by atoms with van der Waals surface area (Å²) in [5, 5.41) is 10.1. The molecule has 0 saturated carbocycles. The molecule has 0 aliphatic heterocycles. The summed E-state index contributed by atoms with van der Waals surface area (Å²) in [5.41, 5.74) is 3.09. The zero-order valence-electron chi connectivity index (χ0n) is 15.0. The predicted molar refractivity (Wildman–Crippen MR) is 100.0 cm³/mol. The highest BCUT2D eigenvalue weighted by Crippen LogP contribution is 2.18. The van der Waals surface area contributed by atoms with Crippen molar-refractivity contribution in [1.29, 1.82) is 0 Å². The minimum absolute atomic E-state index is 0.00509. The highest BCUT2D eigenvalue weighted by atomic mass is 16.5. The molecule has 134 valence electrons. The van der Waals surface area contributed by atoms with Crippen LogP contribution in [0.2, 0.25) is 0 Å². The fraction of sp³-hybridized carbons (Fsp3) is 0.250. The summed E-state index contributed by atoms with van der Waals surface area (Å²) in [4.78, 5) is 16.5. The maximum atomic E-state index is 12.0. The van der Waals surface area contributed by atoms with Crippen LogP contribution in [0.4, 0.5) is 0 Å². The predicted octanol–water partition coefficient (Wildman–Crippen LogP) is 2.69. The molecule has 1 amide bonds. The minimum atomic E-state index is 0.00509. The van der Waals surface area contributed by atoms with Gasteiger partial charge in [-0.1, -0.05) is 29.8 Å². The normalized spacial score (nSPS) is 10.5. The lowest BCUT2D eigenvalue weighted by molar-refractivity contribution is -0.120. The molecule has 2 N–H and O–H groups in total. The van der Waals surface area contributed by atoms with Gasteiger partial charge in [-0.2, -0.15) is 5.10 Å². The van der Waals surface area contributed by atoms with Crippen molar-refractivity contribution in [2.24, 2.45) is 0 Å². The molecule has 0 fully saturated rings. The van der Waals surface area contributed by atoms with Crippen LogP contribution in [0.5, 0.6) is 5.75 Å². The van der Waals surface area contributed by atoms with Crippen molar-refractivity contribution in [2.45, 2.75) is 19.8 Å². The number of aromatic amines is 1. The standard InChI is InChI=1S/C20H22N4O2/c1-14-4-3-5-15(12-14)13-19(25)21-11-10-18-22-20(24-23-18)16-6-8-17(26-2)9-7-16/h3-9,12H,10-11,13H2,1-2H3,(H,21,25)(H,22,23,24). The van der Waals surface area contributed by atoms with E-state index in [1.54, 1.807) is 7.11 Å². The number of benzene rings is 2. The molecule has 2 aromatic carbocycles. The van der Waals surface area contributed by atoms with E-state index in [-0.39, 0.29) is 5.91 Å². The van der Waals surface area contributed by atoms with E-state index < -0.39 is 0 Å². The number of methoxy groups -OCH3 is 1. The summed E-state index contributed by atoms with van der Waals surface area (Å²) in [7, 11) is 1.63. The number of nitrogens with zero attached hydrogens (tertiary/aromatic N) is 2. The monoisotopic (exact) mass is 350 g/mol. The minimum Gasteiger partial charge on any atom is -0.497 e. The Balaban J connectivity index is 1.49. The molecular weight excluding hydrogens is 328 g/mol. The van der Waals surface area contributed by atoms with Crippen molar-refractivity contribution in [1.82, 2.24) is 20.5 Å². The van der Waals surface area contributed by atoms with Gasteiger partial charge in [-0.3, -0.25) is 9.89 Å². The Morgan fingerprint density at radius 3 is 2.73 bits per heavy atom. The van der Waals surface area contributed by atoms with E-state index in [0.29, 0.717) is 25.2 Å². The van der Waals surface area contributed by atoms with Gasteiger partial charge < -0.3 is 10.1 Å². The van der Waals surface area contributed by atoms with Crippen molar-refractivity contribution in [2.75, 3.05) is 13.7 Å². The molecule has 0 radical (unpaired) electrons. The molecule has 0 unspecified atom stereocenters. The van der Waals surface area contributed by atoms with E-state index in [1.807, 2.05) is 55.5 Å². The smallest absolute Gasteiger partial charge is 0.224 e. The van der Waals surface area contributed by atoms with Gasteiger partial charge >= 0.3 is 0 Å². The zero-order valence-corrected chi connectivity index (χ0v) is 15.0. The summed E-state index contributed by atoms with van der Waals surface area (Å²) >= 11 is 0. The number of aryl methyl sites for hydroxylation is 1. The first-order valence-corrected chi connectivity index (χ1v) is 8.52. The van der Waals surface area contributed by atoms with Crippen LogP contribution in [0.15, 0.2) is 48.5 Å². The van der Waals surface area contributed by atoms with Crippen LogP contribution >= 0.6 is 0 Å². The molecule has 3 rings (SSSR count). The van der Waals surface area contributed by atoms with Gasteiger partial charge in [0.2, 0.25) is 5.91 Å². The maximum Gasteiger partial charge on any atom is 0.224 e. The maximum absolute atomic E-state index is 12.0. The highest BCUT2D eigenvalue weighted by molar-refractivity contribution is 5.78. The lowest BCUT2D eigenvalue weighted by Gasteiger charge is -2.04. The molecule has 0 bridgehead atoms. The lowest BCUT2D eigenvalue weighted by Crippen LogP contribution is -2.27. The molecule has 26 heavy (non-hydrogen) atoms. The van der Waals surface area contributed by atoms with Gasteiger partial charge in [-0.05, 0) is 36.8 Å². The van der Waals surface area contributed by atoms with Gasteiger partial charge in [0, 0.05) is 18.5 Å². The number of carbonyl (C=O) groups is 1. The molecular formula is C20H22N4O2. The van der Waals surface area contributed by atoms with Crippen molar-refractivity contribution in [3.05, 3.63) is 65.5 Å². The number of H-pyrrole nitrogens is 1. The summed E-state index contributed by atoms with van der Waals surface area (Å²) in [6, 6.07) is 15.5. The summed E-state index contributed by atoms with van der Waals surface area (Å²) in [5.74, 6) is 2.17. The molecule has 0 saturated heterocycles. The number of nitrogens with one attached hydrogen (secondary N) is 2. The number of carbonyl (C=O) groups excluding carboxylic acids is 1. The molecule has 0 aliphatic carbocycles. The zero-order chi connectivity index (χ0) is 18.4. The van der Waals surface area contributed by atoms with E-state index >= 15 is 0 Å². The molecule has 6 heteroatoms. The Hall–Kier alpha value is -3.15. The number of hydrogen-bond donors (Lipinski definition) is 2. The Labute approximate surface area is 152 Å². The van der Waals surface area contributed by atoms with Crippen LogP contribution < -0.4 is 10.1 Å². The van der Waals surface area contributed by atoms with Gasteiger partial charge in [0.1, 0.15) is 11.6 Å². The van der Waals surface area contributed by atoms with Crippen LogP contribution in [-0.2, 0) is 17.6 Å². The molecule has 3 aromatic rings. The first-order chi connectivity index (χ1) is 12.6. The van der Waals surface area contributed by atoms with Crippen LogP contribution in [-0.4, -0.2) is 34.7 Å². The van der Waals surface area contributed by atoms with Crippen LogP contribution in [0.3, 0.4) is 0 Å². The fourth-order valence-electron chi connectivity index (χ4n) is 2.67. The Morgan fingerprint density at radius 2 is 2.00 bits per heavy atom. The number of rotatable bonds is 7. The molecule has 1 heterocycles. The van der Waals surface area contributed by atoms with E-state index in [1.165, 1.54) is 0 Å². The molecule has 0 aliphatic rings. The average molecular weight is 350 g/mol. The third-order valence-corrected chi connectivity index (χ3v) is 4.01. The second-order valence-corrected chi connectivity index (χ2v) is 6.10. The Bertz CT molecular complexity index is 872. The van der Waals surface area contributed by atoms with Crippen molar-refractivity contribution < 1.29 is 9.53 Å². The van der Waals surface area contributed by atoms with Crippen LogP contribution in [0.1, 0.15) is 17.0 Å². The number of aromatic nitrogens is 3. The largest absolute Gasteiger partial charge is 0.497 e. The highest BCUT2D eigenvalue weighted by Gasteiger charge is 2.07. The lowest BCUT2D eigenvalue weighted by atomic mass is 10.1. The second kappa shape index (κ2) is 8.29. The molecule has 1 aromatic heterocycles. The summed E-state index contributed by atoms with van der Waals surface area (Å²) in [6.45, 7) is 2.54. The van der Waals surface area contributed by atoms with Gasteiger partial charge in [-0.15, -0.1) is 0 Å². The molecule has 6 nitrogen and oxygen atoms in total. The fourth-order valence-corrected chi connectivity index (χ4v) is 2.67. The third kappa shape index (κ3) is 4.69.